The van der Waals surface area contributed by atoms with Gasteiger partial charge in [-0.15, -0.1) is 10.2 Å². The van der Waals surface area contributed by atoms with E-state index in [0.717, 1.165) is 17.8 Å². The van der Waals surface area contributed by atoms with Crippen LogP contribution in [0.3, 0.4) is 0 Å². The van der Waals surface area contributed by atoms with Crippen molar-refractivity contribution in [3.8, 4) is 11.5 Å². The first-order valence-corrected chi connectivity index (χ1v) is 10.7. The van der Waals surface area contributed by atoms with E-state index in [0.29, 0.717) is 48.0 Å². The Morgan fingerprint density at radius 1 is 1.24 bits per heavy atom. The lowest BCUT2D eigenvalue weighted by atomic mass is 10.1. The third kappa shape index (κ3) is 4.05. The van der Waals surface area contributed by atoms with Crippen molar-refractivity contribution in [3.05, 3.63) is 23.2 Å². The van der Waals surface area contributed by atoms with Gasteiger partial charge in [-0.1, -0.05) is 25.2 Å². The summed E-state index contributed by atoms with van der Waals surface area (Å²) in [6.45, 7) is 5.55. The molecule has 9 heteroatoms. The van der Waals surface area contributed by atoms with Crippen molar-refractivity contribution < 1.29 is 19.1 Å². The summed E-state index contributed by atoms with van der Waals surface area (Å²) in [5.74, 6) is 0.929. The standard InChI is InChI=1S/C20H24N4O4S/c1-3-12(4-2)19-22-23-20(29-19)21-18(26)13-9-17(25)24(11-13)14-5-6-15-16(10-14)28-8-7-27-15/h5-6,10,12-13H,3-4,7-9,11H2,1-2H3,(H,21,23,26)/t13-/m1/s1. The Labute approximate surface area is 173 Å². The first-order valence-electron chi connectivity index (χ1n) is 9.93. The van der Waals surface area contributed by atoms with Gasteiger partial charge in [0, 0.05) is 30.6 Å². The molecule has 0 aliphatic carbocycles. The maximum atomic E-state index is 12.7. The minimum atomic E-state index is -0.434. The number of nitrogens with one attached hydrogen (secondary N) is 1. The molecule has 0 spiro atoms. The zero-order chi connectivity index (χ0) is 20.4. The third-order valence-electron chi connectivity index (χ3n) is 5.34. The van der Waals surface area contributed by atoms with Crippen LogP contribution in [0.1, 0.15) is 44.0 Å². The Kier molecular flexibility index (Phi) is 5.66. The van der Waals surface area contributed by atoms with E-state index in [2.05, 4.69) is 29.4 Å². The maximum Gasteiger partial charge on any atom is 0.231 e. The van der Waals surface area contributed by atoms with E-state index >= 15 is 0 Å². The normalized spacial score (nSPS) is 18.4. The minimum absolute atomic E-state index is 0.0863. The van der Waals surface area contributed by atoms with Gasteiger partial charge in [-0.3, -0.25) is 9.59 Å². The predicted octanol–water partition coefficient (Wildman–Crippen LogP) is 3.20. The van der Waals surface area contributed by atoms with Crippen LogP contribution in [0.2, 0.25) is 0 Å². The molecule has 2 aromatic rings. The molecule has 4 rings (SSSR count). The van der Waals surface area contributed by atoms with Crippen LogP contribution in [-0.2, 0) is 9.59 Å². The molecule has 1 atom stereocenters. The molecule has 1 fully saturated rings. The van der Waals surface area contributed by atoms with E-state index in [1.165, 1.54) is 11.3 Å². The van der Waals surface area contributed by atoms with Gasteiger partial charge in [-0.2, -0.15) is 0 Å². The molecule has 1 saturated heterocycles. The molecule has 0 unspecified atom stereocenters. The molecule has 3 heterocycles. The second-order valence-electron chi connectivity index (χ2n) is 7.18. The zero-order valence-electron chi connectivity index (χ0n) is 16.5. The fourth-order valence-electron chi connectivity index (χ4n) is 3.63. The highest BCUT2D eigenvalue weighted by atomic mass is 32.1. The summed E-state index contributed by atoms with van der Waals surface area (Å²) < 4.78 is 11.1. The number of hydrogen-bond acceptors (Lipinski definition) is 7. The molecule has 1 aromatic heterocycles. The quantitative estimate of drug-likeness (QED) is 0.777. The fourth-order valence-corrected chi connectivity index (χ4v) is 4.64. The lowest BCUT2D eigenvalue weighted by Crippen LogP contribution is -2.28. The number of aromatic nitrogens is 2. The first-order chi connectivity index (χ1) is 14.1. The van der Waals surface area contributed by atoms with E-state index in [-0.39, 0.29) is 18.2 Å². The van der Waals surface area contributed by atoms with Crippen molar-refractivity contribution in [1.82, 2.24) is 10.2 Å². The molecule has 29 heavy (non-hydrogen) atoms. The summed E-state index contributed by atoms with van der Waals surface area (Å²) in [6, 6.07) is 5.41. The third-order valence-corrected chi connectivity index (χ3v) is 6.34. The van der Waals surface area contributed by atoms with Crippen LogP contribution in [0, 0.1) is 5.92 Å². The van der Waals surface area contributed by atoms with Crippen molar-refractivity contribution in [1.29, 1.82) is 0 Å². The van der Waals surface area contributed by atoms with Crippen LogP contribution < -0.4 is 19.7 Å². The van der Waals surface area contributed by atoms with Gasteiger partial charge >= 0.3 is 0 Å². The monoisotopic (exact) mass is 416 g/mol. The van der Waals surface area contributed by atoms with E-state index < -0.39 is 5.92 Å². The number of anilines is 2. The summed E-state index contributed by atoms with van der Waals surface area (Å²) in [5.41, 5.74) is 0.710. The SMILES string of the molecule is CCC(CC)c1nnc(NC(=O)[C@@H]2CC(=O)N(c3ccc4c(c3)OCCO4)C2)s1. The summed E-state index contributed by atoms with van der Waals surface area (Å²) >= 11 is 1.41. The van der Waals surface area contributed by atoms with Crippen molar-refractivity contribution >= 4 is 34.0 Å². The van der Waals surface area contributed by atoms with Gasteiger partial charge in [0.2, 0.25) is 16.9 Å². The highest BCUT2D eigenvalue weighted by Crippen LogP contribution is 2.36. The van der Waals surface area contributed by atoms with Gasteiger partial charge in [0.1, 0.15) is 18.2 Å². The van der Waals surface area contributed by atoms with Crippen LogP contribution >= 0.6 is 11.3 Å². The van der Waals surface area contributed by atoms with Gasteiger partial charge in [0.25, 0.3) is 0 Å². The predicted molar refractivity (Wildman–Crippen MR) is 110 cm³/mol. The lowest BCUT2D eigenvalue weighted by Gasteiger charge is -2.22. The zero-order valence-corrected chi connectivity index (χ0v) is 17.3. The number of ether oxygens (including phenoxy) is 2. The fraction of sp³-hybridized carbons (Fsp3) is 0.500. The molecule has 1 N–H and O–H groups in total. The number of fused-ring (bicyclic) bond motifs is 1. The van der Waals surface area contributed by atoms with Gasteiger partial charge in [-0.05, 0) is 25.0 Å². The number of amides is 2. The summed E-state index contributed by atoms with van der Waals surface area (Å²) in [5, 5.41) is 12.6. The second-order valence-corrected chi connectivity index (χ2v) is 8.19. The van der Waals surface area contributed by atoms with Crippen LogP contribution in [0.25, 0.3) is 0 Å². The Bertz CT molecular complexity index is 912. The highest BCUT2D eigenvalue weighted by molar-refractivity contribution is 7.15. The number of rotatable bonds is 6. The molecule has 2 aliphatic heterocycles. The smallest absolute Gasteiger partial charge is 0.231 e. The molecule has 0 radical (unpaired) electrons. The minimum Gasteiger partial charge on any atom is -0.486 e. The van der Waals surface area contributed by atoms with Gasteiger partial charge < -0.3 is 19.7 Å². The Morgan fingerprint density at radius 2 is 2.00 bits per heavy atom. The van der Waals surface area contributed by atoms with Crippen molar-refractivity contribution in [2.45, 2.75) is 39.0 Å². The van der Waals surface area contributed by atoms with Gasteiger partial charge in [0.05, 0.1) is 5.92 Å². The van der Waals surface area contributed by atoms with Crippen molar-refractivity contribution in [2.75, 3.05) is 30.0 Å². The number of carbonyl (C=O) groups is 2. The Hall–Kier alpha value is -2.68. The second kappa shape index (κ2) is 8.36. The maximum absolute atomic E-state index is 12.7. The molecule has 2 amide bonds. The van der Waals surface area contributed by atoms with E-state index in [9.17, 15) is 9.59 Å². The first kappa shape index (κ1) is 19.6. The summed E-state index contributed by atoms with van der Waals surface area (Å²) in [6.07, 6.45) is 2.14. The van der Waals surface area contributed by atoms with Crippen LogP contribution in [0.15, 0.2) is 18.2 Å². The molecule has 0 saturated carbocycles. The van der Waals surface area contributed by atoms with Crippen LogP contribution in [-0.4, -0.2) is 41.8 Å². The Balaban J connectivity index is 1.42. The summed E-state index contributed by atoms with van der Waals surface area (Å²) in [7, 11) is 0. The van der Waals surface area contributed by atoms with Crippen molar-refractivity contribution in [3.63, 3.8) is 0 Å². The largest absolute Gasteiger partial charge is 0.486 e. The molecular formula is C20H24N4O4S. The van der Waals surface area contributed by atoms with Crippen LogP contribution in [0.4, 0.5) is 10.8 Å². The number of nitrogens with zero attached hydrogens (tertiary/aromatic N) is 3. The molecule has 2 aliphatic rings. The van der Waals surface area contributed by atoms with Gasteiger partial charge in [-0.25, -0.2) is 0 Å². The molecule has 1 aromatic carbocycles. The molecule has 8 nitrogen and oxygen atoms in total. The van der Waals surface area contributed by atoms with E-state index in [1.807, 2.05) is 6.07 Å². The molecule has 154 valence electrons. The van der Waals surface area contributed by atoms with Gasteiger partial charge in [0.15, 0.2) is 11.5 Å². The highest BCUT2D eigenvalue weighted by Gasteiger charge is 2.36. The average molecular weight is 417 g/mol. The number of benzene rings is 1. The molecule has 0 bridgehead atoms. The van der Waals surface area contributed by atoms with E-state index in [1.54, 1.807) is 17.0 Å². The number of carbonyl (C=O) groups excluding carboxylic acids is 2. The Morgan fingerprint density at radius 3 is 2.76 bits per heavy atom. The summed E-state index contributed by atoms with van der Waals surface area (Å²) in [4.78, 5) is 26.8. The van der Waals surface area contributed by atoms with E-state index in [4.69, 9.17) is 9.47 Å². The van der Waals surface area contributed by atoms with Crippen LogP contribution in [0.5, 0.6) is 11.5 Å². The molecular weight excluding hydrogens is 392 g/mol. The topological polar surface area (TPSA) is 93.7 Å². The van der Waals surface area contributed by atoms with Crippen molar-refractivity contribution in [2.24, 2.45) is 5.92 Å². The number of hydrogen-bond donors (Lipinski definition) is 1. The lowest BCUT2D eigenvalue weighted by molar-refractivity contribution is -0.122. The average Bonchev–Trinajstić information content (AvgIpc) is 3.35.